The van der Waals surface area contributed by atoms with Gasteiger partial charge in [-0.3, -0.25) is 9.59 Å². The summed E-state index contributed by atoms with van der Waals surface area (Å²) in [7, 11) is 0. The van der Waals surface area contributed by atoms with Gasteiger partial charge in [0.2, 0.25) is 5.91 Å². The summed E-state index contributed by atoms with van der Waals surface area (Å²) in [5.74, 6) is -0.117. The van der Waals surface area contributed by atoms with Gasteiger partial charge in [0.1, 0.15) is 5.82 Å². The Hall–Kier alpha value is -3.21. The van der Waals surface area contributed by atoms with Crippen LogP contribution >= 0.6 is 0 Å². The van der Waals surface area contributed by atoms with E-state index in [1.165, 1.54) is 0 Å². The van der Waals surface area contributed by atoms with Crippen molar-refractivity contribution in [2.75, 3.05) is 5.32 Å². The highest BCUT2D eigenvalue weighted by molar-refractivity contribution is 6.08. The van der Waals surface area contributed by atoms with Crippen LogP contribution in [0.15, 0.2) is 42.5 Å². The molecular weight excluding hydrogens is 350 g/mol. The van der Waals surface area contributed by atoms with Gasteiger partial charge in [0.05, 0.1) is 17.3 Å². The van der Waals surface area contributed by atoms with E-state index < -0.39 is 5.92 Å². The van der Waals surface area contributed by atoms with Crippen LogP contribution < -0.4 is 5.32 Å². The van der Waals surface area contributed by atoms with Crippen LogP contribution in [0.4, 0.5) is 5.82 Å². The summed E-state index contributed by atoms with van der Waals surface area (Å²) in [6.07, 6.45) is 0.138. The molecule has 1 aromatic heterocycles. The molecule has 28 heavy (non-hydrogen) atoms. The predicted molar refractivity (Wildman–Crippen MR) is 109 cm³/mol. The molecule has 0 bridgehead atoms. The zero-order valence-electron chi connectivity index (χ0n) is 16.5. The molecule has 0 aliphatic carbocycles. The van der Waals surface area contributed by atoms with Gasteiger partial charge in [-0.2, -0.15) is 5.10 Å². The molecule has 0 spiro atoms. The second kappa shape index (κ2) is 6.75. The lowest BCUT2D eigenvalue weighted by Gasteiger charge is -2.23. The normalized spacial score (nSPS) is 15.9. The summed E-state index contributed by atoms with van der Waals surface area (Å²) in [5.41, 5.74) is 6.28. The van der Waals surface area contributed by atoms with Crippen LogP contribution in [0.1, 0.15) is 50.6 Å². The number of fused-ring (bicyclic) bond motifs is 1. The summed E-state index contributed by atoms with van der Waals surface area (Å²) >= 11 is 0. The van der Waals surface area contributed by atoms with Crippen molar-refractivity contribution in [1.82, 2.24) is 9.78 Å². The molecule has 1 amide bonds. The van der Waals surface area contributed by atoms with Crippen LogP contribution in [0.3, 0.4) is 0 Å². The Kier molecular flexibility index (Phi) is 4.38. The minimum absolute atomic E-state index is 0.0276. The highest BCUT2D eigenvalue weighted by Crippen LogP contribution is 2.38. The molecule has 1 aliphatic rings. The van der Waals surface area contributed by atoms with E-state index in [1.807, 2.05) is 70.2 Å². The lowest BCUT2D eigenvalue weighted by molar-refractivity contribution is -0.116. The van der Waals surface area contributed by atoms with Crippen molar-refractivity contribution >= 4 is 17.5 Å². The maximum atomic E-state index is 13.4. The van der Waals surface area contributed by atoms with E-state index >= 15 is 0 Å². The zero-order valence-corrected chi connectivity index (χ0v) is 16.5. The molecule has 5 nitrogen and oxygen atoms in total. The fourth-order valence-electron chi connectivity index (χ4n) is 3.92. The first-order chi connectivity index (χ1) is 13.3. The summed E-state index contributed by atoms with van der Waals surface area (Å²) < 4.78 is 1.73. The summed E-state index contributed by atoms with van der Waals surface area (Å²) in [6, 6.07) is 13.7. The van der Waals surface area contributed by atoms with Crippen molar-refractivity contribution in [3.63, 3.8) is 0 Å². The van der Waals surface area contributed by atoms with Gasteiger partial charge in [0, 0.05) is 17.5 Å². The van der Waals surface area contributed by atoms with Gasteiger partial charge in [0.15, 0.2) is 5.78 Å². The quantitative estimate of drug-likeness (QED) is 0.692. The Bertz CT molecular complexity index is 1090. The van der Waals surface area contributed by atoms with Crippen LogP contribution in [-0.2, 0) is 4.79 Å². The summed E-state index contributed by atoms with van der Waals surface area (Å²) in [5, 5.41) is 7.57. The topological polar surface area (TPSA) is 64.0 Å². The third kappa shape index (κ3) is 3.03. The van der Waals surface area contributed by atoms with Crippen LogP contribution in [-0.4, -0.2) is 21.5 Å². The second-order valence-corrected chi connectivity index (χ2v) is 7.58. The van der Waals surface area contributed by atoms with Crippen molar-refractivity contribution in [1.29, 1.82) is 0 Å². The number of anilines is 1. The smallest absolute Gasteiger partial charge is 0.226 e. The molecule has 1 unspecified atom stereocenters. The van der Waals surface area contributed by atoms with Crippen molar-refractivity contribution in [2.24, 2.45) is 0 Å². The number of hydrogen-bond acceptors (Lipinski definition) is 3. The van der Waals surface area contributed by atoms with Crippen molar-refractivity contribution in [3.05, 3.63) is 76.0 Å². The largest absolute Gasteiger partial charge is 0.310 e. The molecule has 0 saturated carbocycles. The number of ketones is 1. The maximum absolute atomic E-state index is 13.4. The molecule has 2 aromatic carbocycles. The average Bonchev–Trinajstić information content (AvgIpc) is 2.97. The number of aryl methyl sites for hydroxylation is 4. The van der Waals surface area contributed by atoms with Gasteiger partial charge < -0.3 is 5.32 Å². The number of amides is 1. The molecule has 0 fully saturated rings. The third-order valence-corrected chi connectivity index (χ3v) is 5.34. The fourth-order valence-corrected chi connectivity index (χ4v) is 3.92. The Morgan fingerprint density at radius 1 is 1.04 bits per heavy atom. The molecule has 1 N–H and O–H groups in total. The second-order valence-electron chi connectivity index (χ2n) is 7.58. The van der Waals surface area contributed by atoms with Gasteiger partial charge in [-0.15, -0.1) is 0 Å². The molecule has 142 valence electrons. The van der Waals surface area contributed by atoms with Gasteiger partial charge >= 0.3 is 0 Å². The van der Waals surface area contributed by atoms with Crippen molar-refractivity contribution in [2.45, 2.75) is 40.0 Å². The summed E-state index contributed by atoms with van der Waals surface area (Å²) in [6.45, 7) is 7.85. The Morgan fingerprint density at radius 3 is 2.39 bits per heavy atom. The number of Topliss-reactive ketones (excluding diaryl/α,β-unsaturated/α-hetero) is 1. The highest BCUT2D eigenvalue weighted by Gasteiger charge is 2.36. The molecule has 1 atom stereocenters. The number of carbonyl (C=O) groups excluding carboxylic acids is 2. The third-order valence-electron chi connectivity index (χ3n) is 5.34. The minimum Gasteiger partial charge on any atom is -0.310 e. The van der Waals surface area contributed by atoms with Crippen LogP contribution in [0.5, 0.6) is 0 Å². The van der Waals surface area contributed by atoms with Gasteiger partial charge in [-0.1, -0.05) is 41.5 Å². The number of aromatic nitrogens is 2. The monoisotopic (exact) mass is 373 g/mol. The van der Waals surface area contributed by atoms with E-state index in [0.29, 0.717) is 11.4 Å². The number of carbonyl (C=O) groups is 2. The predicted octanol–water partition coefficient (Wildman–Crippen LogP) is 4.41. The molecule has 0 saturated heterocycles. The number of nitrogens with one attached hydrogen (secondary N) is 1. The van der Waals surface area contributed by atoms with Crippen LogP contribution in [0, 0.1) is 27.7 Å². The highest BCUT2D eigenvalue weighted by atomic mass is 16.2. The molecule has 0 radical (unpaired) electrons. The van der Waals surface area contributed by atoms with Crippen molar-refractivity contribution < 1.29 is 9.59 Å². The van der Waals surface area contributed by atoms with Crippen molar-refractivity contribution in [3.8, 4) is 5.69 Å². The molecule has 2 heterocycles. The Labute approximate surface area is 164 Å². The van der Waals surface area contributed by atoms with E-state index in [9.17, 15) is 9.59 Å². The molecule has 4 rings (SSSR count). The molecular formula is C23H23N3O2. The van der Waals surface area contributed by atoms with Gasteiger partial charge in [0.25, 0.3) is 0 Å². The first-order valence-corrected chi connectivity index (χ1v) is 9.43. The number of rotatable bonds is 3. The Balaban J connectivity index is 1.82. The minimum atomic E-state index is -0.524. The number of benzene rings is 2. The summed E-state index contributed by atoms with van der Waals surface area (Å²) in [4.78, 5) is 25.8. The lowest BCUT2D eigenvalue weighted by atomic mass is 9.84. The first kappa shape index (κ1) is 18.2. The standard InChI is InChI=1S/C23H23N3O2/c1-13-5-8-17(9-6-13)26-23-21(16(4)25-26)19(12-20(27)24-23)22(28)18-10-7-14(2)11-15(18)3/h5-11,19H,12H2,1-4H3,(H,24,27). The van der Waals surface area contributed by atoms with Gasteiger partial charge in [-0.25, -0.2) is 4.68 Å². The number of nitrogens with zero attached hydrogens (tertiary/aromatic N) is 2. The van der Waals surface area contributed by atoms with Crippen LogP contribution in [0.25, 0.3) is 5.69 Å². The van der Waals surface area contributed by atoms with E-state index in [0.717, 1.165) is 33.6 Å². The van der Waals surface area contributed by atoms with Gasteiger partial charge in [-0.05, 0) is 45.4 Å². The van der Waals surface area contributed by atoms with E-state index in [4.69, 9.17) is 0 Å². The molecule has 5 heteroatoms. The Morgan fingerprint density at radius 2 is 1.71 bits per heavy atom. The van der Waals surface area contributed by atoms with E-state index in [1.54, 1.807) is 4.68 Å². The van der Waals surface area contributed by atoms with E-state index in [-0.39, 0.29) is 18.1 Å². The molecule has 3 aromatic rings. The average molecular weight is 373 g/mol. The maximum Gasteiger partial charge on any atom is 0.226 e. The zero-order chi connectivity index (χ0) is 20.0. The molecule has 1 aliphatic heterocycles. The lowest BCUT2D eigenvalue weighted by Crippen LogP contribution is -2.28. The van der Waals surface area contributed by atoms with E-state index in [2.05, 4.69) is 10.4 Å². The first-order valence-electron chi connectivity index (χ1n) is 9.43. The number of hydrogen-bond donors (Lipinski definition) is 1. The SMILES string of the molecule is Cc1ccc(-n2nc(C)c3c2NC(=O)CC3C(=O)c2ccc(C)cc2C)cc1. The van der Waals surface area contributed by atoms with Crippen LogP contribution in [0.2, 0.25) is 0 Å². The fraction of sp³-hybridized carbons (Fsp3) is 0.261.